The SMILES string of the molecule is CN(C)c1nccc(N2CCN(C(=O)[C@@H]3CC[C@H](CN)O3)CC2)n1.Cl.Cl. The van der Waals surface area contributed by atoms with E-state index < -0.39 is 0 Å². The Morgan fingerprint density at radius 3 is 2.54 bits per heavy atom. The van der Waals surface area contributed by atoms with Gasteiger partial charge in [0.25, 0.3) is 5.91 Å². The van der Waals surface area contributed by atoms with E-state index in [0.29, 0.717) is 25.6 Å². The van der Waals surface area contributed by atoms with Crippen molar-refractivity contribution in [2.24, 2.45) is 5.73 Å². The van der Waals surface area contributed by atoms with Gasteiger partial charge in [0, 0.05) is 53.0 Å². The molecule has 2 saturated heterocycles. The smallest absolute Gasteiger partial charge is 0.251 e. The van der Waals surface area contributed by atoms with E-state index in [4.69, 9.17) is 10.5 Å². The molecule has 1 aromatic heterocycles. The van der Waals surface area contributed by atoms with Crippen LogP contribution in [0.5, 0.6) is 0 Å². The van der Waals surface area contributed by atoms with E-state index in [2.05, 4.69) is 14.9 Å². The number of hydrogen-bond acceptors (Lipinski definition) is 7. The van der Waals surface area contributed by atoms with Gasteiger partial charge in [-0.15, -0.1) is 24.8 Å². The van der Waals surface area contributed by atoms with Crippen LogP contribution in [-0.4, -0.2) is 79.8 Å². The number of piperazine rings is 1. The van der Waals surface area contributed by atoms with Crippen molar-refractivity contribution in [2.45, 2.75) is 25.0 Å². The second kappa shape index (κ2) is 10.1. The quantitative estimate of drug-likeness (QED) is 0.780. The van der Waals surface area contributed by atoms with Crippen molar-refractivity contribution in [1.29, 1.82) is 0 Å². The summed E-state index contributed by atoms with van der Waals surface area (Å²) in [4.78, 5) is 27.3. The first kappa shape index (κ1) is 22.7. The molecule has 3 heterocycles. The number of halogens is 2. The Balaban J connectivity index is 0.00000169. The number of aromatic nitrogens is 2. The van der Waals surface area contributed by atoms with Crippen molar-refractivity contribution in [1.82, 2.24) is 14.9 Å². The van der Waals surface area contributed by atoms with Crippen LogP contribution in [0.4, 0.5) is 11.8 Å². The molecule has 10 heteroatoms. The van der Waals surface area contributed by atoms with E-state index in [9.17, 15) is 4.79 Å². The lowest BCUT2D eigenvalue weighted by molar-refractivity contribution is -0.143. The van der Waals surface area contributed by atoms with Crippen molar-refractivity contribution < 1.29 is 9.53 Å². The van der Waals surface area contributed by atoms with Crippen LogP contribution < -0.4 is 15.5 Å². The van der Waals surface area contributed by atoms with E-state index in [1.807, 2.05) is 30.0 Å². The first-order valence-corrected chi connectivity index (χ1v) is 8.48. The summed E-state index contributed by atoms with van der Waals surface area (Å²) in [7, 11) is 3.85. The first-order chi connectivity index (χ1) is 11.6. The molecule has 0 saturated carbocycles. The van der Waals surface area contributed by atoms with Crippen LogP contribution in [0.1, 0.15) is 12.8 Å². The monoisotopic (exact) mass is 406 g/mol. The Morgan fingerprint density at radius 2 is 1.96 bits per heavy atom. The van der Waals surface area contributed by atoms with Crippen molar-refractivity contribution in [3.05, 3.63) is 12.3 Å². The van der Waals surface area contributed by atoms with E-state index in [1.54, 1.807) is 6.20 Å². The van der Waals surface area contributed by atoms with Crippen LogP contribution in [0, 0.1) is 0 Å². The highest BCUT2D eigenvalue weighted by Gasteiger charge is 2.34. The topological polar surface area (TPSA) is 87.8 Å². The summed E-state index contributed by atoms with van der Waals surface area (Å²) in [5, 5.41) is 0. The van der Waals surface area contributed by atoms with Gasteiger partial charge < -0.3 is 25.2 Å². The van der Waals surface area contributed by atoms with E-state index in [0.717, 1.165) is 31.7 Å². The number of nitrogens with zero attached hydrogens (tertiary/aromatic N) is 5. The lowest BCUT2D eigenvalue weighted by Crippen LogP contribution is -2.51. The summed E-state index contributed by atoms with van der Waals surface area (Å²) < 4.78 is 5.72. The van der Waals surface area contributed by atoms with Gasteiger partial charge >= 0.3 is 0 Å². The number of ether oxygens (including phenoxy) is 1. The molecule has 0 aliphatic carbocycles. The minimum Gasteiger partial charge on any atom is -0.364 e. The zero-order valence-electron chi connectivity index (χ0n) is 15.2. The Labute approximate surface area is 166 Å². The average molecular weight is 407 g/mol. The zero-order chi connectivity index (χ0) is 17.1. The number of rotatable bonds is 4. The second-order valence-corrected chi connectivity index (χ2v) is 6.48. The van der Waals surface area contributed by atoms with E-state index >= 15 is 0 Å². The van der Waals surface area contributed by atoms with Gasteiger partial charge in [-0.25, -0.2) is 4.98 Å². The average Bonchev–Trinajstić information content (AvgIpc) is 3.10. The van der Waals surface area contributed by atoms with Gasteiger partial charge in [-0.2, -0.15) is 4.98 Å². The summed E-state index contributed by atoms with van der Waals surface area (Å²) in [6, 6.07) is 1.91. The predicted molar refractivity (Wildman–Crippen MR) is 107 cm³/mol. The second-order valence-electron chi connectivity index (χ2n) is 6.48. The van der Waals surface area contributed by atoms with Gasteiger partial charge in [0.1, 0.15) is 11.9 Å². The summed E-state index contributed by atoms with van der Waals surface area (Å²) >= 11 is 0. The van der Waals surface area contributed by atoms with Crippen LogP contribution >= 0.6 is 24.8 Å². The third-order valence-corrected chi connectivity index (χ3v) is 4.59. The molecule has 148 valence electrons. The molecular weight excluding hydrogens is 379 g/mol. The normalized spacial score (nSPS) is 22.4. The molecule has 0 radical (unpaired) electrons. The standard InChI is InChI=1S/C16H26N6O2.2ClH/c1-20(2)16-18-6-5-14(19-16)21-7-9-22(10-8-21)15(23)13-4-3-12(11-17)24-13;;/h5-6,12-13H,3-4,7-11,17H2,1-2H3;2*1H/t12-,13+;;/m1../s1. The molecule has 0 bridgehead atoms. The Kier molecular flexibility index (Phi) is 8.82. The van der Waals surface area contributed by atoms with Crippen molar-refractivity contribution in [3.63, 3.8) is 0 Å². The molecular formula is C16H28Cl2N6O2. The molecule has 0 aromatic carbocycles. The lowest BCUT2D eigenvalue weighted by Gasteiger charge is -2.36. The highest BCUT2D eigenvalue weighted by atomic mass is 35.5. The minimum atomic E-state index is -0.315. The maximum absolute atomic E-state index is 12.6. The molecule has 26 heavy (non-hydrogen) atoms. The summed E-state index contributed by atoms with van der Waals surface area (Å²) in [5.41, 5.74) is 5.62. The molecule has 1 aromatic rings. The molecule has 1 amide bonds. The van der Waals surface area contributed by atoms with Crippen LogP contribution in [0.25, 0.3) is 0 Å². The summed E-state index contributed by atoms with van der Waals surface area (Å²) in [6.07, 6.45) is 3.14. The van der Waals surface area contributed by atoms with E-state index in [1.165, 1.54) is 0 Å². The molecule has 8 nitrogen and oxygen atoms in total. The van der Waals surface area contributed by atoms with Gasteiger partial charge in [-0.1, -0.05) is 0 Å². The Hall–Kier alpha value is -1.35. The van der Waals surface area contributed by atoms with Crippen LogP contribution in [-0.2, 0) is 9.53 Å². The number of amides is 1. The van der Waals surface area contributed by atoms with Crippen molar-refractivity contribution in [2.75, 3.05) is 56.6 Å². The molecule has 3 rings (SSSR count). The molecule has 0 unspecified atom stereocenters. The van der Waals surface area contributed by atoms with Gasteiger partial charge in [0.05, 0.1) is 6.10 Å². The number of carbonyl (C=O) groups is 1. The predicted octanol–water partition coefficient (Wildman–Crippen LogP) is 0.541. The summed E-state index contributed by atoms with van der Waals surface area (Å²) in [5.74, 6) is 1.70. The highest BCUT2D eigenvalue weighted by Crippen LogP contribution is 2.22. The van der Waals surface area contributed by atoms with Gasteiger partial charge in [0.15, 0.2) is 0 Å². The van der Waals surface area contributed by atoms with Gasteiger partial charge in [-0.05, 0) is 18.9 Å². The number of anilines is 2. The highest BCUT2D eigenvalue weighted by molar-refractivity contribution is 5.85. The molecule has 2 aliphatic rings. The molecule has 2 atom stereocenters. The third-order valence-electron chi connectivity index (χ3n) is 4.59. The van der Waals surface area contributed by atoms with Crippen LogP contribution in [0.15, 0.2) is 12.3 Å². The zero-order valence-corrected chi connectivity index (χ0v) is 16.8. The fourth-order valence-corrected chi connectivity index (χ4v) is 3.15. The fourth-order valence-electron chi connectivity index (χ4n) is 3.15. The third kappa shape index (κ3) is 5.09. The molecule has 0 spiro atoms. The van der Waals surface area contributed by atoms with E-state index in [-0.39, 0.29) is 42.9 Å². The largest absolute Gasteiger partial charge is 0.364 e. The van der Waals surface area contributed by atoms with Gasteiger partial charge in [-0.3, -0.25) is 4.79 Å². The molecule has 2 aliphatic heterocycles. The Bertz CT molecular complexity index is 584. The van der Waals surface area contributed by atoms with Crippen molar-refractivity contribution >= 4 is 42.5 Å². The fraction of sp³-hybridized carbons (Fsp3) is 0.688. The maximum Gasteiger partial charge on any atom is 0.251 e. The maximum atomic E-state index is 12.6. The van der Waals surface area contributed by atoms with Gasteiger partial charge in [0.2, 0.25) is 5.95 Å². The number of nitrogens with two attached hydrogens (primary N) is 1. The van der Waals surface area contributed by atoms with Crippen molar-refractivity contribution in [3.8, 4) is 0 Å². The Morgan fingerprint density at radius 1 is 1.27 bits per heavy atom. The van der Waals surface area contributed by atoms with Crippen LogP contribution in [0.3, 0.4) is 0 Å². The summed E-state index contributed by atoms with van der Waals surface area (Å²) in [6.45, 7) is 3.39. The lowest BCUT2D eigenvalue weighted by atomic mass is 10.1. The minimum absolute atomic E-state index is 0. The number of carbonyl (C=O) groups excluding carboxylic acids is 1. The first-order valence-electron chi connectivity index (χ1n) is 8.48. The molecule has 2 fully saturated rings. The van der Waals surface area contributed by atoms with Crippen LogP contribution in [0.2, 0.25) is 0 Å². The molecule has 2 N–H and O–H groups in total. The number of hydrogen-bond donors (Lipinski definition) is 1.